The number of likely N-dealkylation sites (tertiary alicyclic amines) is 1. The van der Waals surface area contributed by atoms with Crippen LogP contribution in [-0.4, -0.2) is 53.1 Å². The number of H-pyrrole nitrogens is 2. The van der Waals surface area contributed by atoms with E-state index in [0.717, 1.165) is 27.6 Å². The molecule has 37 heavy (non-hydrogen) atoms. The number of pyridine rings is 1. The Hall–Kier alpha value is -4.34. The van der Waals surface area contributed by atoms with Gasteiger partial charge >= 0.3 is 17.8 Å². The van der Waals surface area contributed by atoms with E-state index in [1.165, 1.54) is 7.11 Å². The molecule has 1 saturated heterocycles. The van der Waals surface area contributed by atoms with Crippen LogP contribution in [-0.2, 0) is 16.0 Å². The van der Waals surface area contributed by atoms with Crippen LogP contribution in [0.4, 0.5) is 4.79 Å². The Bertz CT molecular complexity index is 1590. The number of oxazole rings is 1. The Labute approximate surface area is 211 Å². The minimum Gasteiger partial charge on any atom is -0.467 e. The quantitative estimate of drug-likeness (QED) is 0.357. The number of nitrogens with one attached hydrogen (secondary N) is 3. The molecule has 2 amide bonds. The highest BCUT2D eigenvalue weighted by Gasteiger charge is 2.29. The number of aromatic amines is 2. The first kappa shape index (κ1) is 24.4. The number of benzene rings is 2. The summed E-state index contributed by atoms with van der Waals surface area (Å²) in [5, 5.41) is 3.77. The molecule has 10 nitrogen and oxygen atoms in total. The SMILES string of the molecule is COC(=O)[C@@H](Cc1cc(C)c2[nH]c(=O)oc2c1)NC(=O)N1CCC(c2cc3ccccc3[nH]c2=O)CC1. The van der Waals surface area contributed by atoms with E-state index in [-0.39, 0.29) is 23.9 Å². The molecule has 1 atom stereocenters. The van der Waals surface area contributed by atoms with Crippen molar-refractivity contribution in [1.29, 1.82) is 0 Å². The zero-order valence-corrected chi connectivity index (χ0v) is 20.6. The lowest BCUT2D eigenvalue weighted by molar-refractivity contribution is -0.142. The van der Waals surface area contributed by atoms with Gasteiger partial charge in [-0.25, -0.2) is 14.4 Å². The number of aryl methyl sites for hydroxylation is 1. The molecule has 1 fully saturated rings. The summed E-state index contributed by atoms with van der Waals surface area (Å²) in [6, 6.07) is 11.8. The van der Waals surface area contributed by atoms with E-state index >= 15 is 0 Å². The summed E-state index contributed by atoms with van der Waals surface area (Å²) in [4.78, 5) is 57.0. The van der Waals surface area contributed by atoms with Gasteiger partial charge in [-0.2, -0.15) is 0 Å². The normalized spacial score (nSPS) is 15.1. The first-order valence-corrected chi connectivity index (χ1v) is 12.2. The van der Waals surface area contributed by atoms with Gasteiger partial charge in [-0.3, -0.25) is 9.78 Å². The summed E-state index contributed by atoms with van der Waals surface area (Å²) in [6.45, 7) is 2.74. The Morgan fingerprint density at radius 1 is 1.14 bits per heavy atom. The molecular formula is C27H28N4O6. The highest BCUT2D eigenvalue weighted by atomic mass is 16.5. The van der Waals surface area contributed by atoms with Crippen LogP contribution in [0.5, 0.6) is 0 Å². The van der Waals surface area contributed by atoms with Gasteiger partial charge in [0, 0.05) is 30.6 Å². The maximum atomic E-state index is 13.1. The van der Waals surface area contributed by atoms with E-state index in [2.05, 4.69) is 15.3 Å². The molecule has 0 radical (unpaired) electrons. The molecule has 5 rings (SSSR count). The van der Waals surface area contributed by atoms with Crippen molar-refractivity contribution in [1.82, 2.24) is 20.2 Å². The van der Waals surface area contributed by atoms with Crippen molar-refractivity contribution in [2.75, 3.05) is 20.2 Å². The van der Waals surface area contributed by atoms with Crippen molar-refractivity contribution < 1.29 is 18.7 Å². The maximum absolute atomic E-state index is 13.1. The molecule has 0 unspecified atom stereocenters. The van der Waals surface area contributed by atoms with Gasteiger partial charge in [0.15, 0.2) is 5.58 Å². The fourth-order valence-electron chi connectivity index (χ4n) is 5.09. The Kier molecular flexibility index (Phi) is 6.56. The molecule has 2 aromatic heterocycles. The number of carbonyl (C=O) groups is 2. The van der Waals surface area contributed by atoms with Gasteiger partial charge in [0.05, 0.1) is 12.6 Å². The van der Waals surface area contributed by atoms with Crippen LogP contribution >= 0.6 is 0 Å². The molecule has 0 saturated carbocycles. The number of hydrogen-bond donors (Lipinski definition) is 3. The van der Waals surface area contributed by atoms with E-state index in [1.54, 1.807) is 11.0 Å². The highest BCUT2D eigenvalue weighted by Crippen LogP contribution is 2.27. The summed E-state index contributed by atoms with van der Waals surface area (Å²) in [7, 11) is 1.27. The topological polar surface area (TPSA) is 138 Å². The van der Waals surface area contributed by atoms with Crippen molar-refractivity contribution >= 4 is 34.0 Å². The average Bonchev–Trinajstić information content (AvgIpc) is 3.28. The van der Waals surface area contributed by atoms with Crippen LogP contribution in [0.25, 0.3) is 22.0 Å². The van der Waals surface area contributed by atoms with Crippen LogP contribution in [0.2, 0.25) is 0 Å². The summed E-state index contributed by atoms with van der Waals surface area (Å²) < 4.78 is 10.1. The van der Waals surface area contributed by atoms with Crippen LogP contribution in [0, 0.1) is 6.92 Å². The summed E-state index contributed by atoms with van der Waals surface area (Å²) in [5.41, 5.74) is 3.93. The van der Waals surface area contributed by atoms with Crippen molar-refractivity contribution in [2.24, 2.45) is 0 Å². The number of nitrogens with zero attached hydrogens (tertiary/aromatic N) is 1. The molecular weight excluding hydrogens is 476 g/mol. The molecule has 192 valence electrons. The number of carbonyl (C=O) groups excluding carboxylic acids is 2. The Morgan fingerprint density at radius 3 is 2.65 bits per heavy atom. The van der Waals surface area contributed by atoms with Gasteiger partial charge in [0.2, 0.25) is 0 Å². The first-order chi connectivity index (χ1) is 17.8. The van der Waals surface area contributed by atoms with E-state index in [4.69, 9.17) is 9.15 Å². The van der Waals surface area contributed by atoms with Crippen molar-refractivity contribution in [3.05, 3.63) is 80.1 Å². The molecule has 1 aliphatic rings. The van der Waals surface area contributed by atoms with Crippen LogP contribution in [0.3, 0.4) is 0 Å². The number of hydrogen-bond acceptors (Lipinski definition) is 6. The second kappa shape index (κ2) is 9.96. The highest BCUT2D eigenvalue weighted by molar-refractivity contribution is 5.84. The number of urea groups is 1. The number of methoxy groups -OCH3 is 1. The predicted octanol–water partition coefficient (Wildman–Crippen LogP) is 2.94. The second-order valence-electron chi connectivity index (χ2n) is 9.43. The van der Waals surface area contributed by atoms with Gasteiger partial charge in [-0.15, -0.1) is 0 Å². The number of rotatable bonds is 5. The molecule has 3 heterocycles. The third-order valence-electron chi connectivity index (χ3n) is 7.02. The van der Waals surface area contributed by atoms with Crippen LogP contribution in [0.1, 0.15) is 35.4 Å². The van der Waals surface area contributed by atoms with Crippen molar-refractivity contribution in [3.8, 4) is 0 Å². The van der Waals surface area contributed by atoms with Crippen molar-refractivity contribution in [3.63, 3.8) is 0 Å². The molecule has 1 aliphatic heterocycles. The van der Waals surface area contributed by atoms with Gasteiger partial charge in [-0.05, 0) is 60.4 Å². The van der Waals surface area contributed by atoms with E-state index < -0.39 is 17.8 Å². The van der Waals surface area contributed by atoms with Crippen LogP contribution in [0.15, 0.2) is 56.5 Å². The zero-order valence-electron chi connectivity index (χ0n) is 20.6. The molecule has 4 aromatic rings. The zero-order chi connectivity index (χ0) is 26.1. The minimum atomic E-state index is -0.916. The largest absolute Gasteiger partial charge is 0.467 e. The average molecular weight is 505 g/mol. The van der Waals surface area contributed by atoms with Gasteiger partial charge in [0.25, 0.3) is 5.56 Å². The van der Waals surface area contributed by atoms with Gasteiger partial charge < -0.3 is 24.4 Å². The molecule has 0 bridgehead atoms. The smallest absolute Gasteiger partial charge is 0.417 e. The third-order valence-corrected chi connectivity index (χ3v) is 7.02. The predicted molar refractivity (Wildman–Crippen MR) is 138 cm³/mol. The molecule has 2 aromatic carbocycles. The monoisotopic (exact) mass is 504 g/mol. The van der Waals surface area contributed by atoms with Gasteiger partial charge in [0.1, 0.15) is 6.04 Å². The minimum absolute atomic E-state index is 0.0412. The lowest BCUT2D eigenvalue weighted by atomic mass is 9.89. The fraction of sp³-hybridized carbons (Fsp3) is 0.333. The number of amides is 2. The molecule has 0 aliphatic carbocycles. The standard InChI is InChI=1S/C27H28N4O6/c1-15-11-16(13-22-23(15)30-27(35)37-22)12-21(25(33)36-2)29-26(34)31-9-7-17(8-10-31)19-14-18-5-3-4-6-20(18)28-24(19)32/h3-6,11,13-14,17,21H,7-10,12H2,1-2H3,(H,28,32)(H,29,34)(H,30,35)/t21-/m1/s1. The molecule has 10 heteroatoms. The molecule has 3 N–H and O–H groups in total. The summed E-state index contributed by atoms with van der Waals surface area (Å²) in [6.07, 6.45) is 1.45. The maximum Gasteiger partial charge on any atom is 0.417 e. The first-order valence-electron chi connectivity index (χ1n) is 12.2. The third kappa shape index (κ3) is 5.00. The number of esters is 1. The molecule has 0 spiro atoms. The lowest BCUT2D eigenvalue weighted by Crippen LogP contribution is -2.51. The Morgan fingerprint density at radius 2 is 1.89 bits per heavy atom. The van der Waals surface area contributed by atoms with E-state index in [0.29, 0.717) is 37.0 Å². The Balaban J connectivity index is 1.26. The fourth-order valence-corrected chi connectivity index (χ4v) is 5.09. The lowest BCUT2D eigenvalue weighted by Gasteiger charge is -2.33. The van der Waals surface area contributed by atoms with Crippen LogP contribution < -0.4 is 16.6 Å². The van der Waals surface area contributed by atoms with E-state index in [1.807, 2.05) is 43.3 Å². The summed E-state index contributed by atoms with van der Waals surface area (Å²) in [5.74, 6) is -1.08. The number of piperidine rings is 1. The summed E-state index contributed by atoms with van der Waals surface area (Å²) >= 11 is 0. The van der Waals surface area contributed by atoms with Gasteiger partial charge in [-0.1, -0.05) is 24.3 Å². The number of fused-ring (bicyclic) bond motifs is 2. The number of ether oxygens (including phenoxy) is 1. The van der Waals surface area contributed by atoms with E-state index in [9.17, 15) is 19.2 Å². The van der Waals surface area contributed by atoms with Crippen molar-refractivity contribution in [2.45, 2.75) is 38.1 Å². The number of aromatic nitrogens is 2. The number of para-hydroxylation sites is 1. The second-order valence-corrected chi connectivity index (χ2v) is 9.43.